The highest BCUT2D eigenvalue weighted by Gasteiger charge is 2.40. The van der Waals surface area contributed by atoms with Crippen LogP contribution in [-0.4, -0.2) is 34.2 Å². The number of carbonyl (C=O) groups is 1. The molecule has 2 N–H and O–H groups in total. The molecule has 98 valence electrons. The molecule has 0 saturated carbocycles. The Labute approximate surface area is 111 Å². The quantitative estimate of drug-likeness (QED) is 0.884. The maximum atomic E-state index is 11.2. The maximum absolute atomic E-state index is 11.2. The van der Waals surface area contributed by atoms with Crippen LogP contribution in [0.5, 0.6) is 5.75 Å². The van der Waals surface area contributed by atoms with Crippen LogP contribution in [0.2, 0.25) is 5.02 Å². The average molecular weight is 270 g/mol. The van der Waals surface area contributed by atoms with Crippen LogP contribution < -0.4 is 0 Å². The molecule has 1 aromatic rings. The molecule has 1 atom stereocenters. The van der Waals surface area contributed by atoms with Crippen LogP contribution in [0.25, 0.3) is 0 Å². The number of phenols is 1. The van der Waals surface area contributed by atoms with Crippen molar-refractivity contribution in [2.24, 2.45) is 5.41 Å². The topological polar surface area (TPSA) is 60.8 Å². The molecule has 18 heavy (non-hydrogen) atoms. The Morgan fingerprint density at radius 3 is 2.83 bits per heavy atom. The average Bonchev–Trinajstić information content (AvgIpc) is 2.67. The summed E-state index contributed by atoms with van der Waals surface area (Å²) in [4.78, 5) is 13.2. The number of likely N-dealkylation sites (tertiary alicyclic amines) is 1. The number of phenolic OH excluding ortho intramolecular Hbond substituents is 1. The van der Waals surface area contributed by atoms with Crippen LogP contribution >= 0.6 is 11.6 Å². The first-order valence-corrected chi connectivity index (χ1v) is 6.22. The van der Waals surface area contributed by atoms with E-state index in [0.29, 0.717) is 36.6 Å². The second-order valence-corrected chi connectivity index (χ2v) is 5.47. The van der Waals surface area contributed by atoms with Gasteiger partial charge in [-0.25, -0.2) is 0 Å². The molecule has 5 heteroatoms. The minimum Gasteiger partial charge on any atom is -0.508 e. The summed E-state index contributed by atoms with van der Waals surface area (Å²) in [6, 6.07) is 5.00. The van der Waals surface area contributed by atoms with Gasteiger partial charge in [-0.1, -0.05) is 17.7 Å². The summed E-state index contributed by atoms with van der Waals surface area (Å²) >= 11 is 6.04. The van der Waals surface area contributed by atoms with Gasteiger partial charge < -0.3 is 10.2 Å². The molecular formula is C13H16ClNO3. The zero-order chi connectivity index (χ0) is 13.3. The van der Waals surface area contributed by atoms with E-state index in [0.717, 1.165) is 0 Å². The molecule has 1 fully saturated rings. The molecule has 0 radical (unpaired) electrons. The van der Waals surface area contributed by atoms with Gasteiger partial charge in [-0.2, -0.15) is 0 Å². The van der Waals surface area contributed by atoms with Gasteiger partial charge >= 0.3 is 5.97 Å². The first-order chi connectivity index (χ1) is 8.42. The Hall–Kier alpha value is -1.26. The highest BCUT2D eigenvalue weighted by atomic mass is 35.5. The van der Waals surface area contributed by atoms with Crippen LogP contribution in [0.15, 0.2) is 18.2 Å². The second-order valence-electron chi connectivity index (χ2n) is 5.06. The van der Waals surface area contributed by atoms with E-state index in [-0.39, 0.29) is 5.75 Å². The number of carboxylic acids is 1. The third-order valence-corrected chi connectivity index (χ3v) is 3.90. The summed E-state index contributed by atoms with van der Waals surface area (Å²) < 4.78 is 0. The molecule has 1 heterocycles. The predicted octanol–water partition coefficient (Wildman–Crippen LogP) is 2.34. The van der Waals surface area contributed by atoms with Gasteiger partial charge in [0.2, 0.25) is 0 Å². The van der Waals surface area contributed by atoms with Gasteiger partial charge in [0, 0.05) is 23.7 Å². The highest BCUT2D eigenvalue weighted by molar-refractivity contribution is 6.31. The van der Waals surface area contributed by atoms with Crippen molar-refractivity contribution in [3.63, 3.8) is 0 Å². The van der Waals surface area contributed by atoms with Gasteiger partial charge in [-0.05, 0) is 32.0 Å². The Morgan fingerprint density at radius 2 is 2.28 bits per heavy atom. The molecule has 1 unspecified atom stereocenters. The molecule has 1 aromatic carbocycles. The van der Waals surface area contributed by atoms with Crippen molar-refractivity contribution in [1.29, 1.82) is 0 Å². The number of aliphatic carboxylic acids is 1. The zero-order valence-electron chi connectivity index (χ0n) is 10.2. The van der Waals surface area contributed by atoms with E-state index < -0.39 is 11.4 Å². The van der Waals surface area contributed by atoms with Gasteiger partial charge in [-0.3, -0.25) is 9.69 Å². The molecule has 0 bridgehead atoms. The Morgan fingerprint density at radius 1 is 1.56 bits per heavy atom. The fourth-order valence-electron chi connectivity index (χ4n) is 2.29. The minimum atomic E-state index is -0.770. The fraction of sp³-hybridized carbons (Fsp3) is 0.462. The summed E-state index contributed by atoms with van der Waals surface area (Å²) in [6.45, 7) is 3.41. The first kappa shape index (κ1) is 13.2. The highest BCUT2D eigenvalue weighted by Crippen LogP contribution is 2.33. The summed E-state index contributed by atoms with van der Waals surface area (Å²) in [5.41, 5.74) is -0.0366. The molecule has 2 rings (SSSR count). The van der Waals surface area contributed by atoms with Crippen LogP contribution in [-0.2, 0) is 11.3 Å². The van der Waals surface area contributed by atoms with Crippen molar-refractivity contribution in [1.82, 2.24) is 4.90 Å². The normalized spacial score (nSPS) is 24.3. The largest absolute Gasteiger partial charge is 0.508 e. The Kier molecular flexibility index (Phi) is 3.50. The number of hydrogen-bond donors (Lipinski definition) is 2. The van der Waals surface area contributed by atoms with E-state index in [2.05, 4.69) is 0 Å². The van der Waals surface area contributed by atoms with Crippen molar-refractivity contribution >= 4 is 17.6 Å². The van der Waals surface area contributed by atoms with Crippen molar-refractivity contribution in [3.8, 4) is 5.75 Å². The van der Waals surface area contributed by atoms with E-state index in [1.807, 2.05) is 4.90 Å². The second kappa shape index (κ2) is 4.78. The lowest BCUT2D eigenvalue weighted by Crippen LogP contribution is -2.31. The van der Waals surface area contributed by atoms with Crippen molar-refractivity contribution in [2.45, 2.75) is 19.9 Å². The van der Waals surface area contributed by atoms with Gasteiger partial charge in [0.15, 0.2) is 0 Å². The van der Waals surface area contributed by atoms with Gasteiger partial charge in [0.05, 0.1) is 5.41 Å². The summed E-state index contributed by atoms with van der Waals surface area (Å²) in [5.74, 6) is -0.611. The van der Waals surface area contributed by atoms with Gasteiger partial charge in [-0.15, -0.1) is 0 Å². The van der Waals surface area contributed by atoms with E-state index >= 15 is 0 Å². The third kappa shape index (κ3) is 2.44. The number of hydrogen-bond acceptors (Lipinski definition) is 3. The number of rotatable bonds is 3. The van der Waals surface area contributed by atoms with Crippen LogP contribution in [0, 0.1) is 5.41 Å². The lowest BCUT2D eigenvalue weighted by atomic mass is 9.90. The van der Waals surface area contributed by atoms with E-state index in [1.165, 1.54) is 0 Å². The summed E-state index contributed by atoms with van der Waals surface area (Å²) in [7, 11) is 0. The fourth-order valence-corrected chi connectivity index (χ4v) is 2.52. The number of benzene rings is 1. The third-order valence-electron chi connectivity index (χ3n) is 3.54. The van der Waals surface area contributed by atoms with E-state index in [9.17, 15) is 9.90 Å². The Bertz CT molecular complexity index is 457. The molecule has 0 amide bonds. The molecule has 0 aliphatic carbocycles. The van der Waals surface area contributed by atoms with Crippen LogP contribution in [0.1, 0.15) is 18.9 Å². The first-order valence-electron chi connectivity index (χ1n) is 5.84. The van der Waals surface area contributed by atoms with Crippen LogP contribution in [0.4, 0.5) is 0 Å². The van der Waals surface area contributed by atoms with Crippen molar-refractivity contribution in [3.05, 3.63) is 28.8 Å². The standard InChI is InChI=1S/C13H16ClNO3/c1-13(12(17)18)5-6-15(8-13)7-9-10(14)3-2-4-11(9)16/h2-4,16H,5-8H2,1H3,(H,17,18). The zero-order valence-corrected chi connectivity index (χ0v) is 10.9. The molecule has 1 aliphatic heterocycles. The summed E-state index contributed by atoms with van der Waals surface area (Å²) in [6.07, 6.45) is 0.619. The molecule has 0 aromatic heterocycles. The lowest BCUT2D eigenvalue weighted by Gasteiger charge is -2.20. The van der Waals surface area contributed by atoms with Crippen LogP contribution in [0.3, 0.4) is 0 Å². The van der Waals surface area contributed by atoms with Crippen molar-refractivity contribution < 1.29 is 15.0 Å². The number of carboxylic acid groups (broad SMARTS) is 1. The Balaban J connectivity index is 2.11. The SMILES string of the molecule is CC1(C(=O)O)CCN(Cc2c(O)cccc2Cl)C1. The lowest BCUT2D eigenvalue weighted by molar-refractivity contribution is -0.147. The predicted molar refractivity (Wildman–Crippen MR) is 68.8 cm³/mol. The van der Waals surface area contributed by atoms with Gasteiger partial charge in [0.1, 0.15) is 5.75 Å². The molecule has 0 spiro atoms. The van der Waals surface area contributed by atoms with Crippen molar-refractivity contribution in [2.75, 3.05) is 13.1 Å². The molecule has 1 aliphatic rings. The maximum Gasteiger partial charge on any atom is 0.310 e. The smallest absolute Gasteiger partial charge is 0.310 e. The molecular weight excluding hydrogens is 254 g/mol. The summed E-state index contributed by atoms with van der Waals surface area (Å²) in [5, 5.41) is 19.4. The monoisotopic (exact) mass is 269 g/mol. The molecule has 4 nitrogen and oxygen atoms in total. The molecule has 1 saturated heterocycles. The van der Waals surface area contributed by atoms with E-state index in [1.54, 1.807) is 25.1 Å². The minimum absolute atomic E-state index is 0.159. The van der Waals surface area contributed by atoms with Gasteiger partial charge in [0.25, 0.3) is 0 Å². The number of nitrogens with zero attached hydrogens (tertiary/aromatic N) is 1. The number of halogens is 1. The van der Waals surface area contributed by atoms with E-state index in [4.69, 9.17) is 16.7 Å². The number of aromatic hydroxyl groups is 1.